The molecule has 3 rings (SSSR count). The zero-order valence-electron chi connectivity index (χ0n) is 15.6. The first-order chi connectivity index (χ1) is 13.0. The molecule has 1 unspecified atom stereocenters. The van der Waals surface area contributed by atoms with Crippen LogP contribution in [0.1, 0.15) is 22.0 Å². The molecule has 0 radical (unpaired) electrons. The highest BCUT2D eigenvalue weighted by Crippen LogP contribution is 2.38. The van der Waals surface area contributed by atoms with E-state index in [-0.39, 0.29) is 11.9 Å². The molecule has 0 bridgehead atoms. The second kappa shape index (κ2) is 8.50. The fourth-order valence-corrected chi connectivity index (χ4v) is 3.25. The summed E-state index contributed by atoms with van der Waals surface area (Å²) in [5.74, 6) is 1.55. The Kier molecular flexibility index (Phi) is 6.08. The standard InChI is InChI=1S/C20H23ClN2O4/c1-23(2)17(13-5-4-6-15(9-13)25-3)12-22-20(24)14-10-16(21)19-18(11-14)26-7-8-27-19/h4-6,9-11,17H,7-8,12H2,1-3H3,(H,22,24). The molecule has 27 heavy (non-hydrogen) atoms. The van der Waals surface area contributed by atoms with E-state index < -0.39 is 0 Å². The SMILES string of the molecule is COc1cccc(C(CNC(=O)c2cc(Cl)c3c(c2)OCCO3)N(C)C)c1. The average Bonchev–Trinajstić information content (AvgIpc) is 2.68. The molecule has 7 heteroatoms. The lowest BCUT2D eigenvalue weighted by atomic mass is 10.1. The van der Waals surface area contributed by atoms with Crippen molar-refractivity contribution in [2.24, 2.45) is 0 Å². The molecule has 1 amide bonds. The zero-order valence-corrected chi connectivity index (χ0v) is 16.4. The number of benzene rings is 2. The molecule has 1 aliphatic heterocycles. The summed E-state index contributed by atoms with van der Waals surface area (Å²) in [6, 6.07) is 11.1. The molecule has 2 aromatic rings. The first-order valence-corrected chi connectivity index (χ1v) is 9.05. The van der Waals surface area contributed by atoms with Gasteiger partial charge in [-0.3, -0.25) is 4.79 Å². The fraction of sp³-hybridized carbons (Fsp3) is 0.350. The predicted molar refractivity (Wildman–Crippen MR) is 104 cm³/mol. The van der Waals surface area contributed by atoms with Crippen molar-refractivity contribution in [2.45, 2.75) is 6.04 Å². The summed E-state index contributed by atoms with van der Waals surface area (Å²) in [5, 5.41) is 3.34. The van der Waals surface area contributed by atoms with Crippen molar-refractivity contribution in [3.05, 3.63) is 52.5 Å². The van der Waals surface area contributed by atoms with Gasteiger partial charge in [-0.05, 0) is 43.9 Å². The van der Waals surface area contributed by atoms with E-state index in [2.05, 4.69) is 5.32 Å². The smallest absolute Gasteiger partial charge is 0.251 e. The first-order valence-electron chi connectivity index (χ1n) is 8.67. The molecule has 1 heterocycles. The van der Waals surface area contributed by atoms with Crippen LogP contribution in [-0.4, -0.2) is 51.8 Å². The molecule has 0 saturated heterocycles. The minimum absolute atomic E-state index is 0.00303. The van der Waals surface area contributed by atoms with Gasteiger partial charge in [-0.25, -0.2) is 0 Å². The Labute approximate surface area is 164 Å². The van der Waals surface area contributed by atoms with Crippen molar-refractivity contribution in [3.8, 4) is 17.2 Å². The Balaban J connectivity index is 1.74. The Morgan fingerprint density at radius 3 is 2.78 bits per heavy atom. The van der Waals surface area contributed by atoms with Gasteiger partial charge in [-0.2, -0.15) is 0 Å². The highest BCUT2D eigenvalue weighted by molar-refractivity contribution is 6.32. The Morgan fingerprint density at radius 2 is 2.04 bits per heavy atom. The molecular formula is C20H23ClN2O4. The molecule has 1 N–H and O–H groups in total. The Morgan fingerprint density at radius 1 is 1.26 bits per heavy atom. The van der Waals surface area contributed by atoms with Crippen molar-refractivity contribution in [1.29, 1.82) is 0 Å². The van der Waals surface area contributed by atoms with Gasteiger partial charge in [0, 0.05) is 12.1 Å². The van der Waals surface area contributed by atoms with Gasteiger partial charge in [0.15, 0.2) is 11.5 Å². The lowest BCUT2D eigenvalue weighted by molar-refractivity contribution is 0.0940. The average molecular weight is 391 g/mol. The van der Waals surface area contributed by atoms with Crippen LogP contribution in [0.15, 0.2) is 36.4 Å². The second-order valence-electron chi connectivity index (χ2n) is 6.45. The van der Waals surface area contributed by atoms with E-state index in [1.54, 1.807) is 19.2 Å². The summed E-state index contributed by atoms with van der Waals surface area (Å²) in [7, 11) is 5.58. The van der Waals surface area contributed by atoms with Crippen LogP contribution in [0.5, 0.6) is 17.2 Å². The van der Waals surface area contributed by atoms with Crippen LogP contribution in [0, 0.1) is 0 Å². The maximum Gasteiger partial charge on any atom is 0.251 e. The van der Waals surface area contributed by atoms with Crippen molar-refractivity contribution in [2.75, 3.05) is 41.0 Å². The maximum atomic E-state index is 12.7. The molecule has 0 aromatic heterocycles. The van der Waals surface area contributed by atoms with Gasteiger partial charge in [0.25, 0.3) is 5.91 Å². The highest BCUT2D eigenvalue weighted by atomic mass is 35.5. The van der Waals surface area contributed by atoms with Crippen LogP contribution in [-0.2, 0) is 0 Å². The van der Waals surface area contributed by atoms with Crippen LogP contribution in [0.4, 0.5) is 0 Å². The van der Waals surface area contributed by atoms with E-state index in [0.29, 0.717) is 41.8 Å². The summed E-state index contributed by atoms with van der Waals surface area (Å²) >= 11 is 6.23. The molecule has 2 aromatic carbocycles. The normalized spacial score (nSPS) is 14.0. The largest absolute Gasteiger partial charge is 0.497 e. The zero-order chi connectivity index (χ0) is 19.4. The van der Waals surface area contributed by atoms with E-state index in [9.17, 15) is 4.79 Å². The van der Waals surface area contributed by atoms with Crippen LogP contribution in [0.3, 0.4) is 0 Å². The van der Waals surface area contributed by atoms with Gasteiger partial charge in [-0.15, -0.1) is 0 Å². The highest BCUT2D eigenvalue weighted by Gasteiger charge is 2.21. The predicted octanol–water partition coefficient (Wildman–Crippen LogP) is 3.15. The summed E-state index contributed by atoms with van der Waals surface area (Å²) in [6.07, 6.45) is 0. The molecule has 0 saturated carbocycles. The number of nitrogens with zero attached hydrogens (tertiary/aromatic N) is 1. The van der Waals surface area contributed by atoms with E-state index in [0.717, 1.165) is 11.3 Å². The van der Waals surface area contributed by atoms with Crippen LogP contribution >= 0.6 is 11.6 Å². The molecule has 6 nitrogen and oxygen atoms in total. The van der Waals surface area contributed by atoms with Gasteiger partial charge in [0.1, 0.15) is 19.0 Å². The van der Waals surface area contributed by atoms with Crippen molar-refractivity contribution in [1.82, 2.24) is 10.2 Å². The molecule has 1 atom stereocenters. The second-order valence-corrected chi connectivity index (χ2v) is 6.86. The van der Waals surface area contributed by atoms with E-state index in [1.165, 1.54) is 0 Å². The molecule has 0 spiro atoms. The van der Waals surface area contributed by atoms with Crippen molar-refractivity contribution >= 4 is 17.5 Å². The number of rotatable bonds is 6. The Hall–Kier alpha value is -2.44. The maximum absolute atomic E-state index is 12.7. The van der Waals surface area contributed by atoms with Crippen molar-refractivity contribution < 1.29 is 19.0 Å². The van der Waals surface area contributed by atoms with Crippen LogP contribution < -0.4 is 19.5 Å². The summed E-state index contributed by atoms with van der Waals surface area (Å²) in [6.45, 7) is 1.32. The third-order valence-corrected chi connectivity index (χ3v) is 4.70. The Bertz CT molecular complexity index is 826. The van der Waals surface area contributed by atoms with E-state index >= 15 is 0 Å². The van der Waals surface area contributed by atoms with Crippen molar-refractivity contribution in [3.63, 3.8) is 0 Å². The van der Waals surface area contributed by atoms with Gasteiger partial charge in [0.05, 0.1) is 18.2 Å². The quantitative estimate of drug-likeness (QED) is 0.821. The topological polar surface area (TPSA) is 60.0 Å². The van der Waals surface area contributed by atoms with Gasteiger partial charge in [0.2, 0.25) is 0 Å². The monoisotopic (exact) mass is 390 g/mol. The summed E-state index contributed by atoms with van der Waals surface area (Å²) < 4.78 is 16.3. The number of amides is 1. The number of methoxy groups -OCH3 is 1. The molecule has 0 aliphatic carbocycles. The third kappa shape index (κ3) is 4.46. The van der Waals surface area contributed by atoms with Crippen LogP contribution in [0.2, 0.25) is 5.02 Å². The van der Waals surface area contributed by atoms with Crippen LogP contribution in [0.25, 0.3) is 0 Å². The number of ether oxygens (including phenoxy) is 3. The third-order valence-electron chi connectivity index (χ3n) is 4.42. The number of nitrogens with one attached hydrogen (secondary N) is 1. The minimum atomic E-state index is -0.219. The van der Waals surface area contributed by atoms with Gasteiger partial charge in [-0.1, -0.05) is 23.7 Å². The summed E-state index contributed by atoms with van der Waals surface area (Å²) in [4.78, 5) is 14.7. The number of fused-ring (bicyclic) bond motifs is 1. The number of hydrogen-bond donors (Lipinski definition) is 1. The first kappa shape index (κ1) is 19.3. The fourth-order valence-electron chi connectivity index (χ4n) is 2.98. The molecule has 144 valence electrons. The molecular weight excluding hydrogens is 368 g/mol. The number of carbonyl (C=O) groups excluding carboxylic acids is 1. The number of likely N-dealkylation sites (N-methyl/N-ethyl adjacent to an activating group) is 1. The van der Waals surface area contributed by atoms with E-state index in [1.807, 2.05) is 43.3 Å². The summed E-state index contributed by atoms with van der Waals surface area (Å²) in [5.41, 5.74) is 1.49. The van der Waals surface area contributed by atoms with Gasteiger partial charge < -0.3 is 24.4 Å². The number of hydrogen-bond acceptors (Lipinski definition) is 5. The number of carbonyl (C=O) groups is 1. The molecule has 0 fully saturated rings. The lowest BCUT2D eigenvalue weighted by Crippen LogP contribution is -2.34. The van der Waals surface area contributed by atoms with Gasteiger partial charge >= 0.3 is 0 Å². The lowest BCUT2D eigenvalue weighted by Gasteiger charge is -2.25. The minimum Gasteiger partial charge on any atom is -0.497 e. The van der Waals surface area contributed by atoms with E-state index in [4.69, 9.17) is 25.8 Å². The molecule has 1 aliphatic rings. The number of halogens is 1.